The number of nitro groups is 2. The van der Waals surface area contributed by atoms with Gasteiger partial charge in [-0.1, -0.05) is 45.6 Å². The summed E-state index contributed by atoms with van der Waals surface area (Å²) in [4.78, 5) is 33.0. The van der Waals surface area contributed by atoms with Crippen molar-refractivity contribution in [3.05, 3.63) is 50.1 Å². The number of carbonyl (C=O) groups is 1. The highest BCUT2D eigenvalue weighted by Gasteiger charge is 2.34. The number of rotatable bonds is 10. The molecule has 0 saturated heterocycles. The first-order valence-corrected chi connectivity index (χ1v) is 8.63. The number of hydrogen-bond donors (Lipinski definition) is 0. The molecule has 0 N–H and O–H groups in total. The van der Waals surface area contributed by atoms with Crippen LogP contribution in [0.4, 0.5) is 11.4 Å². The third-order valence-corrected chi connectivity index (χ3v) is 4.03. The summed E-state index contributed by atoms with van der Waals surface area (Å²) in [6.45, 7) is 5.47. The molecule has 0 radical (unpaired) electrons. The minimum absolute atomic E-state index is 0.00612. The van der Waals surface area contributed by atoms with Gasteiger partial charge in [-0.15, -0.1) is 0 Å². The van der Waals surface area contributed by atoms with Crippen molar-refractivity contribution in [1.82, 2.24) is 0 Å². The second-order valence-electron chi connectivity index (χ2n) is 6.03. The number of nitrogens with zero attached hydrogens (tertiary/aromatic N) is 2. The quantitative estimate of drug-likeness (QED) is 0.143. The van der Waals surface area contributed by atoms with E-state index in [1.807, 2.05) is 0 Å². The zero-order chi connectivity index (χ0) is 19.7. The Morgan fingerprint density at radius 2 is 1.88 bits per heavy atom. The molecule has 1 aromatic carbocycles. The van der Waals surface area contributed by atoms with Gasteiger partial charge in [0, 0.05) is 12.1 Å². The minimum atomic E-state index is -0.789. The maximum absolute atomic E-state index is 11.8. The zero-order valence-electron chi connectivity index (χ0n) is 15.3. The molecule has 0 aliphatic carbocycles. The van der Waals surface area contributed by atoms with Crippen molar-refractivity contribution in [3.8, 4) is 5.75 Å². The van der Waals surface area contributed by atoms with Crippen LogP contribution < -0.4 is 4.74 Å². The lowest BCUT2D eigenvalue weighted by molar-refractivity contribution is -0.423. The van der Waals surface area contributed by atoms with Crippen LogP contribution in [0.2, 0.25) is 0 Å². The minimum Gasteiger partial charge on any atom is -0.423 e. The maximum atomic E-state index is 11.8. The molecule has 0 saturated carbocycles. The molecular formula is C18H24N2O6. The van der Waals surface area contributed by atoms with E-state index in [1.165, 1.54) is 18.2 Å². The summed E-state index contributed by atoms with van der Waals surface area (Å²) in [6.07, 6.45) is 7.17. The van der Waals surface area contributed by atoms with Crippen molar-refractivity contribution in [3.63, 3.8) is 0 Å². The van der Waals surface area contributed by atoms with Crippen LogP contribution in [-0.2, 0) is 4.79 Å². The molecule has 0 amide bonds. The Kier molecular flexibility index (Phi) is 8.41. The van der Waals surface area contributed by atoms with Crippen molar-refractivity contribution in [2.45, 2.75) is 58.8 Å². The van der Waals surface area contributed by atoms with Crippen LogP contribution in [0.25, 0.3) is 0 Å². The van der Waals surface area contributed by atoms with Gasteiger partial charge in [0.2, 0.25) is 0 Å². The molecule has 8 heteroatoms. The second-order valence-corrected chi connectivity index (χ2v) is 6.03. The molecule has 1 atom stereocenters. The molecule has 0 aliphatic rings. The number of hydrogen-bond acceptors (Lipinski definition) is 6. The fraction of sp³-hybridized carbons (Fsp3) is 0.500. The van der Waals surface area contributed by atoms with Gasteiger partial charge in [-0.05, 0) is 25.3 Å². The summed E-state index contributed by atoms with van der Waals surface area (Å²) in [5, 5.41) is 22.8. The number of benzene rings is 1. The van der Waals surface area contributed by atoms with Gasteiger partial charge >= 0.3 is 17.3 Å². The number of nitro benzene ring substituents is 2. The van der Waals surface area contributed by atoms with E-state index < -0.39 is 27.2 Å². The van der Waals surface area contributed by atoms with Crippen LogP contribution in [0.3, 0.4) is 0 Å². The van der Waals surface area contributed by atoms with E-state index in [-0.39, 0.29) is 17.2 Å². The van der Waals surface area contributed by atoms with Gasteiger partial charge in [-0.3, -0.25) is 20.2 Å². The Morgan fingerprint density at radius 1 is 1.19 bits per heavy atom. The van der Waals surface area contributed by atoms with Crippen molar-refractivity contribution < 1.29 is 19.4 Å². The fourth-order valence-corrected chi connectivity index (χ4v) is 2.78. The van der Waals surface area contributed by atoms with E-state index >= 15 is 0 Å². The van der Waals surface area contributed by atoms with Crippen molar-refractivity contribution >= 4 is 17.3 Å². The molecule has 0 bridgehead atoms. The highest BCUT2D eigenvalue weighted by atomic mass is 16.6. The molecule has 1 aromatic rings. The van der Waals surface area contributed by atoms with Gasteiger partial charge in [0.05, 0.1) is 15.4 Å². The number of carbonyl (C=O) groups excluding carboxylic acids is 1. The van der Waals surface area contributed by atoms with E-state index in [1.54, 1.807) is 13.8 Å². The lowest BCUT2D eigenvalue weighted by atomic mass is 9.92. The van der Waals surface area contributed by atoms with Gasteiger partial charge in [0.1, 0.15) is 5.75 Å². The van der Waals surface area contributed by atoms with Crippen LogP contribution in [0, 0.1) is 20.2 Å². The SMILES string of the molecule is CC=CC(=O)Oc1ccc([N+](=O)[O-])c([N+](=O)[O-])c1C(C)CCCCCC. The molecule has 8 nitrogen and oxygen atoms in total. The summed E-state index contributed by atoms with van der Waals surface area (Å²) < 4.78 is 5.21. The van der Waals surface area contributed by atoms with Crippen molar-refractivity contribution in [2.24, 2.45) is 0 Å². The average Bonchev–Trinajstić information content (AvgIpc) is 2.57. The third-order valence-electron chi connectivity index (χ3n) is 4.03. The lowest BCUT2D eigenvalue weighted by Gasteiger charge is -2.16. The predicted octanol–water partition coefficient (Wildman–Crippen LogP) is 5.06. The normalized spacial score (nSPS) is 12.1. The Morgan fingerprint density at radius 3 is 2.42 bits per heavy atom. The molecular weight excluding hydrogens is 340 g/mol. The van der Waals surface area contributed by atoms with Gasteiger partial charge in [0.15, 0.2) is 0 Å². The van der Waals surface area contributed by atoms with Gasteiger partial charge in [-0.25, -0.2) is 4.79 Å². The standard InChI is InChI=1S/C18H24N2O6/c1-4-6-7-8-10-13(3)17-15(26-16(21)9-5-2)12-11-14(19(22)23)18(17)20(24)25/h5,9,11-13H,4,6-8,10H2,1-3H3. The first-order valence-electron chi connectivity index (χ1n) is 8.63. The Hall–Kier alpha value is -2.77. The summed E-state index contributed by atoms with van der Waals surface area (Å²) in [5.74, 6) is -1.05. The molecule has 0 aliphatic heterocycles. The molecule has 1 unspecified atom stereocenters. The lowest BCUT2D eigenvalue weighted by Crippen LogP contribution is -2.10. The Balaban J connectivity index is 3.36. The molecule has 0 spiro atoms. The summed E-state index contributed by atoms with van der Waals surface area (Å²) in [5.41, 5.74) is -1.11. The largest absolute Gasteiger partial charge is 0.423 e. The van der Waals surface area contributed by atoms with Gasteiger partial charge < -0.3 is 4.74 Å². The van der Waals surface area contributed by atoms with Crippen LogP contribution in [0.1, 0.15) is 64.4 Å². The first-order chi connectivity index (χ1) is 12.3. The third kappa shape index (κ3) is 5.65. The Labute approximate surface area is 152 Å². The predicted molar refractivity (Wildman–Crippen MR) is 97.4 cm³/mol. The van der Waals surface area contributed by atoms with E-state index in [0.29, 0.717) is 6.42 Å². The van der Waals surface area contributed by atoms with Crippen molar-refractivity contribution in [2.75, 3.05) is 0 Å². The van der Waals surface area contributed by atoms with E-state index in [4.69, 9.17) is 4.74 Å². The first kappa shape index (κ1) is 21.3. The van der Waals surface area contributed by atoms with Crippen molar-refractivity contribution in [1.29, 1.82) is 0 Å². The highest BCUT2D eigenvalue weighted by Crippen LogP contribution is 2.43. The molecule has 142 valence electrons. The number of allylic oxidation sites excluding steroid dienone is 1. The zero-order valence-corrected chi connectivity index (χ0v) is 15.3. The van der Waals surface area contributed by atoms with E-state index in [2.05, 4.69) is 6.92 Å². The molecule has 0 heterocycles. The van der Waals surface area contributed by atoms with Gasteiger partial charge in [0.25, 0.3) is 0 Å². The average molecular weight is 364 g/mol. The summed E-state index contributed by atoms with van der Waals surface area (Å²) >= 11 is 0. The molecule has 0 aromatic heterocycles. The summed E-state index contributed by atoms with van der Waals surface area (Å²) in [7, 11) is 0. The van der Waals surface area contributed by atoms with Crippen LogP contribution in [0.5, 0.6) is 5.75 Å². The molecule has 1 rings (SSSR count). The smallest absolute Gasteiger partial charge is 0.353 e. The molecule has 26 heavy (non-hydrogen) atoms. The molecule has 0 fully saturated rings. The number of esters is 1. The second kappa shape index (κ2) is 10.3. The monoisotopic (exact) mass is 364 g/mol. The maximum Gasteiger partial charge on any atom is 0.353 e. The summed E-state index contributed by atoms with van der Waals surface area (Å²) in [6, 6.07) is 2.26. The topological polar surface area (TPSA) is 113 Å². The van der Waals surface area contributed by atoms with E-state index in [9.17, 15) is 25.0 Å². The van der Waals surface area contributed by atoms with Crippen LogP contribution in [0.15, 0.2) is 24.3 Å². The van der Waals surface area contributed by atoms with E-state index in [0.717, 1.165) is 31.7 Å². The van der Waals surface area contributed by atoms with Crippen LogP contribution in [-0.4, -0.2) is 15.8 Å². The van der Waals surface area contributed by atoms with Crippen LogP contribution >= 0.6 is 0 Å². The fourth-order valence-electron chi connectivity index (χ4n) is 2.78. The number of ether oxygens (including phenoxy) is 1. The highest BCUT2D eigenvalue weighted by molar-refractivity contribution is 5.84. The Bertz CT molecular complexity index is 699. The number of unbranched alkanes of at least 4 members (excludes halogenated alkanes) is 3. The van der Waals surface area contributed by atoms with Gasteiger partial charge in [-0.2, -0.15) is 0 Å².